The van der Waals surface area contributed by atoms with Crippen LogP contribution in [0.4, 0.5) is 0 Å². The van der Waals surface area contributed by atoms with Gasteiger partial charge in [0.15, 0.2) is 0 Å². The van der Waals surface area contributed by atoms with E-state index in [-0.39, 0.29) is 0 Å². The van der Waals surface area contributed by atoms with E-state index >= 15 is 0 Å². The number of ether oxygens (including phenoxy) is 4. The highest BCUT2D eigenvalue weighted by atomic mass is 16.5. The molecule has 3 aromatic carbocycles. The van der Waals surface area contributed by atoms with Gasteiger partial charge in [-0.3, -0.25) is 0 Å². The predicted octanol–water partition coefficient (Wildman–Crippen LogP) is 5.01. The minimum absolute atomic E-state index is 0.304. The zero-order valence-corrected chi connectivity index (χ0v) is 18.5. The predicted molar refractivity (Wildman–Crippen MR) is 125 cm³/mol. The van der Waals surface area contributed by atoms with E-state index in [1.54, 1.807) is 48.5 Å². The molecule has 174 valence electrons. The van der Waals surface area contributed by atoms with E-state index in [4.69, 9.17) is 18.9 Å². The lowest BCUT2D eigenvalue weighted by Crippen LogP contribution is -2.10. The van der Waals surface area contributed by atoms with Crippen LogP contribution in [-0.4, -0.2) is 31.1 Å². The maximum absolute atomic E-state index is 12.4. The minimum Gasteiger partial charge on any atom is -0.494 e. The summed E-state index contributed by atoms with van der Waals surface area (Å²) < 4.78 is 21.2. The van der Waals surface area contributed by atoms with Gasteiger partial charge in [-0.25, -0.2) is 14.4 Å². The van der Waals surface area contributed by atoms with Crippen LogP contribution in [0.3, 0.4) is 0 Å². The molecule has 0 saturated carbocycles. The molecule has 7 nitrogen and oxygen atoms in total. The van der Waals surface area contributed by atoms with Crippen LogP contribution in [0.1, 0.15) is 33.6 Å². The summed E-state index contributed by atoms with van der Waals surface area (Å²) in [7, 11) is 0. The van der Waals surface area contributed by atoms with Gasteiger partial charge < -0.3 is 18.9 Å². The summed E-state index contributed by atoms with van der Waals surface area (Å²) >= 11 is 0. The summed E-state index contributed by atoms with van der Waals surface area (Å²) in [5, 5.41) is 0. The van der Waals surface area contributed by atoms with Crippen LogP contribution in [0.15, 0.2) is 91.5 Å². The lowest BCUT2D eigenvalue weighted by atomic mass is 10.2. The molecule has 0 aliphatic rings. The first-order chi connectivity index (χ1) is 16.5. The van der Waals surface area contributed by atoms with Crippen molar-refractivity contribution in [2.45, 2.75) is 12.8 Å². The minimum atomic E-state index is -0.532. The Morgan fingerprint density at radius 3 is 1.71 bits per heavy atom. The normalized spacial score (nSPS) is 10.1. The van der Waals surface area contributed by atoms with Crippen molar-refractivity contribution in [3.8, 4) is 17.2 Å². The zero-order chi connectivity index (χ0) is 24.2. The van der Waals surface area contributed by atoms with Crippen molar-refractivity contribution in [1.29, 1.82) is 0 Å². The van der Waals surface area contributed by atoms with Gasteiger partial charge in [-0.15, -0.1) is 0 Å². The fraction of sp³-hybridized carbons (Fsp3) is 0.148. The lowest BCUT2D eigenvalue weighted by molar-refractivity contribution is -0.137. The van der Waals surface area contributed by atoms with Crippen LogP contribution < -0.4 is 14.2 Å². The van der Waals surface area contributed by atoms with Crippen LogP contribution in [0.5, 0.6) is 17.2 Å². The second kappa shape index (κ2) is 12.6. The number of unbranched alkanes of at least 4 members (excludes halogenated alkanes) is 1. The second-order valence-corrected chi connectivity index (χ2v) is 7.07. The van der Waals surface area contributed by atoms with Gasteiger partial charge in [0.05, 0.1) is 24.3 Å². The van der Waals surface area contributed by atoms with Crippen LogP contribution in [0.25, 0.3) is 0 Å². The molecule has 0 aromatic heterocycles. The van der Waals surface area contributed by atoms with E-state index < -0.39 is 17.9 Å². The fourth-order valence-corrected chi connectivity index (χ4v) is 2.79. The average Bonchev–Trinajstić information content (AvgIpc) is 2.87. The molecule has 0 atom stereocenters. The summed E-state index contributed by atoms with van der Waals surface area (Å²) in [6.07, 6.45) is 2.51. The van der Waals surface area contributed by atoms with Gasteiger partial charge in [0.25, 0.3) is 0 Å². The number of carbonyl (C=O) groups is 3. The van der Waals surface area contributed by atoms with Crippen molar-refractivity contribution in [3.63, 3.8) is 0 Å². The standard InChI is InChI=1S/C27H24O7/c1-2-25(28)32-19-7-6-18-31-22-14-10-20(11-15-22)27(30)34-24-16-12-21(13-17-24)26(29)33-23-8-4-3-5-9-23/h2-5,8-17H,1,6-7,18-19H2. The van der Waals surface area contributed by atoms with Crippen molar-refractivity contribution in [3.05, 3.63) is 103 Å². The topological polar surface area (TPSA) is 88.1 Å². The SMILES string of the molecule is C=CC(=O)OCCCCOc1ccc(C(=O)Oc2ccc(C(=O)Oc3ccccc3)cc2)cc1. The van der Waals surface area contributed by atoms with E-state index in [1.807, 2.05) is 6.07 Å². The Kier molecular flexibility index (Phi) is 8.99. The summed E-state index contributed by atoms with van der Waals surface area (Å²) in [5.41, 5.74) is 0.695. The van der Waals surface area contributed by atoms with E-state index in [0.717, 1.165) is 6.08 Å². The summed E-state index contributed by atoms with van der Waals surface area (Å²) in [6, 6.07) is 21.4. The monoisotopic (exact) mass is 460 g/mol. The third-order valence-electron chi connectivity index (χ3n) is 4.56. The largest absolute Gasteiger partial charge is 0.494 e. The Labute approximate surface area is 197 Å². The Morgan fingerprint density at radius 2 is 1.15 bits per heavy atom. The van der Waals surface area contributed by atoms with Crippen molar-refractivity contribution in [1.82, 2.24) is 0 Å². The van der Waals surface area contributed by atoms with Crippen LogP contribution in [-0.2, 0) is 9.53 Å². The van der Waals surface area contributed by atoms with Gasteiger partial charge in [0.1, 0.15) is 17.2 Å². The number of rotatable bonds is 11. The molecule has 0 amide bonds. The number of para-hydroxylation sites is 1. The van der Waals surface area contributed by atoms with Crippen molar-refractivity contribution < 1.29 is 33.3 Å². The lowest BCUT2D eigenvalue weighted by Gasteiger charge is -2.08. The molecule has 0 unspecified atom stereocenters. The smallest absolute Gasteiger partial charge is 0.343 e. The molecule has 0 saturated heterocycles. The first-order valence-corrected chi connectivity index (χ1v) is 10.7. The molecule has 0 radical (unpaired) electrons. The van der Waals surface area contributed by atoms with E-state index in [9.17, 15) is 14.4 Å². The molecule has 0 heterocycles. The van der Waals surface area contributed by atoms with E-state index in [1.165, 1.54) is 24.3 Å². The van der Waals surface area contributed by atoms with Crippen LogP contribution >= 0.6 is 0 Å². The second-order valence-electron chi connectivity index (χ2n) is 7.07. The number of esters is 3. The number of carbonyl (C=O) groups excluding carboxylic acids is 3. The van der Waals surface area contributed by atoms with Crippen LogP contribution in [0.2, 0.25) is 0 Å². The molecule has 0 fully saturated rings. The molecular weight excluding hydrogens is 436 g/mol. The van der Waals surface area contributed by atoms with E-state index in [2.05, 4.69) is 6.58 Å². The molecule has 3 rings (SSSR count). The van der Waals surface area contributed by atoms with Gasteiger partial charge in [0.2, 0.25) is 0 Å². The summed E-state index contributed by atoms with van der Waals surface area (Å²) in [5.74, 6) is -0.110. The van der Waals surface area contributed by atoms with Crippen molar-refractivity contribution >= 4 is 17.9 Å². The highest BCUT2D eigenvalue weighted by Crippen LogP contribution is 2.18. The molecule has 7 heteroatoms. The molecule has 0 aliphatic carbocycles. The maximum Gasteiger partial charge on any atom is 0.343 e. The van der Waals surface area contributed by atoms with Gasteiger partial charge in [-0.05, 0) is 73.5 Å². The molecule has 0 bridgehead atoms. The highest BCUT2D eigenvalue weighted by Gasteiger charge is 2.12. The summed E-state index contributed by atoms with van der Waals surface area (Å²) in [4.78, 5) is 35.5. The van der Waals surface area contributed by atoms with Gasteiger partial charge in [-0.2, -0.15) is 0 Å². The Hall–Kier alpha value is -4.39. The Balaban J connectivity index is 1.43. The quantitative estimate of drug-likeness (QED) is 0.172. The molecule has 0 N–H and O–H groups in total. The number of hydrogen-bond acceptors (Lipinski definition) is 7. The number of benzene rings is 3. The van der Waals surface area contributed by atoms with Crippen molar-refractivity contribution in [2.24, 2.45) is 0 Å². The zero-order valence-electron chi connectivity index (χ0n) is 18.5. The molecular formula is C27H24O7. The Morgan fingerprint density at radius 1 is 0.647 bits per heavy atom. The molecule has 3 aromatic rings. The first-order valence-electron chi connectivity index (χ1n) is 10.7. The van der Waals surface area contributed by atoms with Gasteiger partial charge >= 0.3 is 17.9 Å². The van der Waals surface area contributed by atoms with Crippen LogP contribution in [0, 0.1) is 0 Å². The third kappa shape index (κ3) is 7.63. The number of hydrogen-bond donors (Lipinski definition) is 0. The highest BCUT2D eigenvalue weighted by molar-refractivity contribution is 5.92. The molecule has 0 aliphatic heterocycles. The van der Waals surface area contributed by atoms with E-state index in [0.29, 0.717) is 54.4 Å². The average molecular weight is 460 g/mol. The summed E-state index contributed by atoms with van der Waals surface area (Å²) in [6.45, 7) is 4.10. The third-order valence-corrected chi connectivity index (χ3v) is 4.56. The van der Waals surface area contributed by atoms with Crippen molar-refractivity contribution in [2.75, 3.05) is 13.2 Å². The Bertz CT molecular complexity index is 1100. The molecule has 0 spiro atoms. The van der Waals surface area contributed by atoms with Gasteiger partial charge in [0, 0.05) is 6.08 Å². The fourth-order valence-electron chi connectivity index (χ4n) is 2.79. The maximum atomic E-state index is 12.4. The molecule has 34 heavy (non-hydrogen) atoms. The van der Waals surface area contributed by atoms with Gasteiger partial charge in [-0.1, -0.05) is 24.8 Å². The first kappa shape index (κ1) is 24.3.